The molecule has 7 heteroatoms. The number of carbonyl (C=O) groups is 2. The molecule has 0 amide bonds. The lowest BCUT2D eigenvalue weighted by atomic mass is 10.2. The molecule has 0 spiro atoms. The maximum absolute atomic E-state index is 11.6. The molecule has 1 aromatic heterocycles. The van der Waals surface area contributed by atoms with E-state index < -0.39 is 23.5 Å². The summed E-state index contributed by atoms with van der Waals surface area (Å²) < 4.78 is 9.98. The van der Waals surface area contributed by atoms with Gasteiger partial charge >= 0.3 is 12.1 Å². The number of hydrogen-bond donors (Lipinski definition) is 1. The highest BCUT2D eigenvalue weighted by atomic mass is 16.6. The predicted molar refractivity (Wildman–Crippen MR) is 56.9 cm³/mol. The zero-order valence-electron chi connectivity index (χ0n) is 10.1. The molecule has 0 unspecified atom stereocenters. The van der Waals surface area contributed by atoms with Crippen molar-refractivity contribution in [2.45, 2.75) is 26.4 Å². The highest BCUT2D eigenvalue weighted by Gasteiger charge is 2.23. The van der Waals surface area contributed by atoms with E-state index in [1.807, 2.05) is 0 Å². The third kappa shape index (κ3) is 3.20. The Morgan fingerprint density at radius 3 is 2.47 bits per heavy atom. The van der Waals surface area contributed by atoms with E-state index in [4.69, 9.17) is 4.74 Å². The van der Waals surface area contributed by atoms with Crippen LogP contribution in [0.3, 0.4) is 0 Å². The molecular formula is C10H14N2O5. The summed E-state index contributed by atoms with van der Waals surface area (Å²) in [5.74, 6) is -1.23. The molecule has 0 radical (unpaired) electrons. The van der Waals surface area contributed by atoms with Gasteiger partial charge in [0.15, 0.2) is 5.69 Å². The molecule has 17 heavy (non-hydrogen) atoms. The van der Waals surface area contributed by atoms with Gasteiger partial charge in [0.05, 0.1) is 7.11 Å². The minimum Gasteiger partial charge on any atom is -0.493 e. The number of esters is 1. The smallest absolute Gasteiger partial charge is 0.438 e. The van der Waals surface area contributed by atoms with Crippen LogP contribution in [0.15, 0.2) is 6.07 Å². The van der Waals surface area contributed by atoms with Crippen molar-refractivity contribution in [3.63, 3.8) is 0 Å². The van der Waals surface area contributed by atoms with Crippen LogP contribution in [-0.2, 0) is 9.47 Å². The first kappa shape index (κ1) is 13.0. The van der Waals surface area contributed by atoms with Crippen molar-refractivity contribution in [3.8, 4) is 5.88 Å². The normalized spacial score (nSPS) is 11.1. The van der Waals surface area contributed by atoms with Gasteiger partial charge in [0.25, 0.3) is 0 Å². The van der Waals surface area contributed by atoms with E-state index in [-0.39, 0.29) is 5.69 Å². The molecule has 94 valence electrons. The first-order valence-corrected chi connectivity index (χ1v) is 4.85. The van der Waals surface area contributed by atoms with Gasteiger partial charge in [-0.15, -0.1) is 4.68 Å². The molecule has 7 nitrogen and oxygen atoms in total. The van der Waals surface area contributed by atoms with Gasteiger partial charge in [-0.05, 0) is 20.8 Å². The number of nitrogens with zero attached hydrogens (tertiary/aromatic N) is 2. The second-order valence-corrected chi connectivity index (χ2v) is 4.27. The quantitative estimate of drug-likeness (QED) is 0.743. The Bertz CT molecular complexity index is 444. The third-order valence-electron chi connectivity index (χ3n) is 1.65. The van der Waals surface area contributed by atoms with Gasteiger partial charge in [-0.1, -0.05) is 0 Å². The van der Waals surface area contributed by atoms with Crippen molar-refractivity contribution < 1.29 is 24.2 Å². The van der Waals surface area contributed by atoms with E-state index in [0.29, 0.717) is 4.68 Å². The number of methoxy groups -OCH3 is 1. The highest BCUT2D eigenvalue weighted by molar-refractivity contribution is 5.88. The molecule has 0 aliphatic heterocycles. The van der Waals surface area contributed by atoms with Gasteiger partial charge in [-0.3, -0.25) is 0 Å². The molecule has 1 N–H and O–H groups in total. The Balaban J connectivity index is 2.96. The Kier molecular flexibility index (Phi) is 3.40. The number of aromatic nitrogens is 2. The van der Waals surface area contributed by atoms with Crippen molar-refractivity contribution in [3.05, 3.63) is 11.8 Å². The Morgan fingerprint density at radius 1 is 1.41 bits per heavy atom. The van der Waals surface area contributed by atoms with E-state index in [1.54, 1.807) is 20.8 Å². The van der Waals surface area contributed by atoms with E-state index >= 15 is 0 Å². The average molecular weight is 242 g/mol. The molecule has 0 bridgehead atoms. The molecular weight excluding hydrogens is 228 g/mol. The Labute approximate surface area is 97.9 Å². The van der Waals surface area contributed by atoms with Crippen LogP contribution in [0.1, 0.15) is 31.3 Å². The summed E-state index contributed by atoms with van der Waals surface area (Å²) in [6, 6.07) is 1.02. The van der Waals surface area contributed by atoms with Gasteiger partial charge in [-0.2, -0.15) is 5.10 Å². The second-order valence-electron chi connectivity index (χ2n) is 4.27. The molecule has 0 aromatic carbocycles. The summed E-state index contributed by atoms with van der Waals surface area (Å²) in [5.41, 5.74) is -0.892. The molecule has 0 saturated heterocycles. The SMILES string of the molecule is COC(=O)c1cc(O)n(C(=O)OC(C)(C)C)n1. The summed E-state index contributed by atoms with van der Waals surface area (Å²) in [4.78, 5) is 22.7. The number of ether oxygens (including phenoxy) is 2. The van der Waals surface area contributed by atoms with Crippen LogP contribution in [0.4, 0.5) is 4.79 Å². The predicted octanol–water partition coefficient (Wildman–Crippen LogP) is 1.16. The molecule has 0 aliphatic carbocycles. The van der Waals surface area contributed by atoms with E-state index in [9.17, 15) is 14.7 Å². The standard InChI is InChI=1S/C10H14N2O5/c1-10(2,3)17-9(15)12-7(13)5-6(11-12)8(14)16-4/h5,13H,1-4H3. The van der Waals surface area contributed by atoms with E-state index in [2.05, 4.69) is 9.84 Å². The lowest BCUT2D eigenvalue weighted by Crippen LogP contribution is -2.27. The van der Waals surface area contributed by atoms with E-state index in [0.717, 1.165) is 6.07 Å². The monoisotopic (exact) mass is 242 g/mol. The third-order valence-corrected chi connectivity index (χ3v) is 1.65. The highest BCUT2D eigenvalue weighted by Crippen LogP contribution is 2.15. The fourth-order valence-electron chi connectivity index (χ4n) is 1.02. The van der Waals surface area contributed by atoms with Crippen molar-refractivity contribution in [2.24, 2.45) is 0 Å². The largest absolute Gasteiger partial charge is 0.493 e. The van der Waals surface area contributed by atoms with Crippen LogP contribution in [0.2, 0.25) is 0 Å². The van der Waals surface area contributed by atoms with Crippen LogP contribution < -0.4 is 0 Å². The zero-order chi connectivity index (χ0) is 13.2. The topological polar surface area (TPSA) is 90.7 Å². The van der Waals surface area contributed by atoms with Gasteiger partial charge in [0.1, 0.15) is 5.60 Å². The first-order valence-electron chi connectivity index (χ1n) is 4.85. The number of rotatable bonds is 1. The lowest BCUT2D eigenvalue weighted by Gasteiger charge is -2.18. The lowest BCUT2D eigenvalue weighted by molar-refractivity contribution is 0.0499. The van der Waals surface area contributed by atoms with Crippen molar-refractivity contribution in [1.29, 1.82) is 0 Å². The maximum Gasteiger partial charge on any atom is 0.438 e. The Hall–Kier alpha value is -2.05. The summed E-state index contributed by atoms with van der Waals surface area (Å²) in [6.45, 7) is 5.02. The van der Waals surface area contributed by atoms with E-state index in [1.165, 1.54) is 7.11 Å². The molecule has 0 atom stereocenters. The number of aromatic hydroxyl groups is 1. The fraction of sp³-hybridized carbons (Fsp3) is 0.500. The van der Waals surface area contributed by atoms with Crippen LogP contribution in [-0.4, -0.2) is 39.7 Å². The van der Waals surface area contributed by atoms with Crippen LogP contribution >= 0.6 is 0 Å². The van der Waals surface area contributed by atoms with Gasteiger partial charge < -0.3 is 14.6 Å². The first-order chi connectivity index (χ1) is 7.74. The molecule has 0 aliphatic rings. The molecule has 0 fully saturated rings. The second kappa shape index (κ2) is 4.44. The van der Waals surface area contributed by atoms with Gasteiger partial charge in [0.2, 0.25) is 5.88 Å². The van der Waals surface area contributed by atoms with Crippen LogP contribution in [0.5, 0.6) is 5.88 Å². The molecule has 1 rings (SSSR count). The van der Waals surface area contributed by atoms with Crippen molar-refractivity contribution in [2.75, 3.05) is 7.11 Å². The number of hydrogen-bond acceptors (Lipinski definition) is 6. The minimum atomic E-state index is -0.870. The minimum absolute atomic E-state index is 0.171. The summed E-state index contributed by atoms with van der Waals surface area (Å²) in [5, 5.41) is 13.0. The number of carbonyl (C=O) groups excluding carboxylic acids is 2. The molecule has 1 heterocycles. The zero-order valence-corrected chi connectivity index (χ0v) is 10.1. The summed E-state index contributed by atoms with van der Waals surface area (Å²) in [7, 11) is 1.17. The fourth-order valence-corrected chi connectivity index (χ4v) is 1.02. The summed E-state index contributed by atoms with van der Waals surface area (Å²) >= 11 is 0. The molecule has 1 aromatic rings. The van der Waals surface area contributed by atoms with Crippen molar-refractivity contribution in [1.82, 2.24) is 9.78 Å². The average Bonchev–Trinajstić information content (AvgIpc) is 2.56. The van der Waals surface area contributed by atoms with Gasteiger partial charge in [-0.25, -0.2) is 9.59 Å². The summed E-state index contributed by atoms with van der Waals surface area (Å²) in [6.07, 6.45) is -0.870. The van der Waals surface area contributed by atoms with Crippen molar-refractivity contribution >= 4 is 12.1 Å². The molecule has 0 saturated carbocycles. The maximum atomic E-state index is 11.6. The van der Waals surface area contributed by atoms with Crippen LogP contribution in [0.25, 0.3) is 0 Å². The Morgan fingerprint density at radius 2 is 2.00 bits per heavy atom. The van der Waals surface area contributed by atoms with Crippen LogP contribution in [0, 0.1) is 0 Å². The van der Waals surface area contributed by atoms with Gasteiger partial charge in [0, 0.05) is 6.07 Å².